The second kappa shape index (κ2) is 8.07. The highest BCUT2D eigenvalue weighted by molar-refractivity contribution is 5.49. The second-order valence-electron chi connectivity index (χ2n) is 6.48. The van der Waals surface area contributed by atoms with Gasteiger partial charge in [0.2, 0.25) is 0 Å². The van der Waals surface area contributed by atoms with Gasteiger partial charge in [0.1, 0.15) is 18.5 Å². The van der Waals surface area contributed by atoms with E-state index in [2.05, 4.69) is 53.4 Å². The van der Waals surface area contributed by atoms with Crippen LogP contribution >= 0.6 is 0 Å². The lowest BCUT2D eigenvalue weighted by atomic mass is 10.1. The maximum absolute atomic E-state index is 5.96. The van der Waals surface area contributed by atoms with E-state index < -0.39 is 0 Å². The average molecular weight is 345 g/mol. The van der Waals surface area contributed by atoms with E-state index in [1.165, 1.54) is 16.8 Å². The molecule has 1 unspecified atom stereocenters. The van der Waals surface area contributed by atoms with Gasteiger partial charge in [0.25, 0.3) is 0 Å². The summed E-state index contributed by atoms with van der Waals surface area (Å²) in [5.74, 6) is 0.894. The fraction of sp³-hybridized carbons (Fsp3) is 0.217. The summed E-state index contributed by atoms with van der Waals surface area (Å²) in [5, 5.41) is 0. The largest absolute Gasteiger partial charge is 0.489 e. The van der Waals surface area contributed by atoms with Gasteiger partial charge in [-0.2, -0.15) is 0 Å². The van der Waals surface area contributed by atoms with Crippen LogP contribution in [0.1, 0.15) is 17.2 Å². The number of hydrogen-bond acceptors (Lipinski definition) is 3. The molecule has 0 aromatic heterocycles. The van der Waals surface area contributed by atoms with Crippen molar-refractivity contribution in [1.82, 2.24) is 0 Å². The molecule has 1 aliphatic heterocycles. The third kappa shape index (κ3) is 4.06. The van der Waals surface area contributed by atoms with Crippen LogP contribution in [0.5, 0.6) is 5.75 Å². The van der Waals surface area contributed by atoms with Gasteiger partial charge in [0.15, 0.2) is 0 Å². The number of hydrogen-bond donors (Lipinski definition) is 0. The lowest BCUT2D eigenvalue weighted by molar-refractivity contribution is 0.0398. The van der Waals surface area contributed by atoms with Crippen LogP contribution in [0, 0.1) is 0 Å². The molecule has 0 N–H and O–H groups in total. The first kappa shape index (κ1) is 16.7. The zero-order valence-corrected chi connectivity index (χ0v) is 14.8. The molecule has 1 aliphatic rings. The first-order chi connectivity index (χ1) is 12.9. The van der Waals surface area contributed by atoms with E-state index in [9.17, 15) is 0 Å². The molecule has 1 saturated heterocycles. The zero-order chi connectivity index (χ0) is 17.6. The van der Waals surface area contributed by atoms with Gasteiger partial charge in [-0.15, -0.1) is 0 Å². The van der Waals surface area contributed by atoms with Gasteiger partial charge in [-0.1, -0.05) is 60.7 Å². The van der Waals surface area contributed by atoms with Crippen LogP contribution in [0.15, 0.2) is 84.9 Å². The normalized spacial score (nSPS) is 17.1. The highest BCUT2D eigenvalue weighted by atomic mass is 16.5. The molecule has 4 rings (SSSR count). The van der Waals surface area contributed by atoms with Gasteiger partial charge in [-0.3, -0.25) is 0 Å². The lowest BCUT2D eigenvalue weighted by Gasteiger charge is -2.34. The molecule has 1 fully saturated rings. The van der Waals surface area contributed by atoms with E-state index in [4.69, 9.17) is 9.47 Å². The van der Waals surface area contributed by atoms with E-state index in [-0.39, 0.29) is 6.10 Å². The summed E-state index contributed by atoms with van der Waals surface area (Å²) in [5.41, 5.74) is 3.62. The summed E-state index contributed by atoms with van der Waals surface area (Å²) in [7, 11) is 0. The molecule has 3 nitrogen and oxygen atoms in total. The summed E-state index contributed by atoms with van der Waals surface area (Å²) < 4.78 is 11.8. The molecule has 1 atom stereocenters. The minimum atomic E-state index is 0.124. The van der Waals surface area contributed by atoms with E-state index in [0.717, 1.165) is 25.4 Å². The Morgan fingerprint density at radius 1 is 0.846 bits per heavy atom. The Labute approximate surface area is 154 Å². The molecule has 132 valence electrons. The molecule has 0 radical (unpaired) electrons. The van der Waals surface area contributed by atoms with Crippen LogP contribution in [0.4, 0.5) is 5.69 Å². The van der Waals surface area contributed by atoms with Gasteiger partial charge < -0.3 is 14.4 Å². The average Bonchev–Trinajstić information content (AvgIpc) is 2.74. The Bertz CT molecular complexity index is 803. The minimum Gasteiger partial charge on any atom is -0.489 e. The zero-order valence-electron chi connectivity index (χ0n) is 14.8. The second-order valence-corrected chi connectivity index (χ2v) is 6.48. The summed E-state index contributed by atoms with van der Waals surface area (Å²) >= 11 is 0. The topological polar surface area (TPSA) is 21.7 Å². The maximum atomic E-state index is 5.96. The van der Waals surface area contributed by atoms with Gasteiger partial charge in [-0.05, 0) is 35.4 Å². The van der Waals surface area contributed by atoms with E-state index in [0.29, 0.717) is 6.61 Å². The van der Waals surface area contributed by atoms with Crippen LogP contribution in [0.2, 0.25) is 0 Å². The molecule has 3 heteroatoms. The molecular formula is C23H23NO2. The quantitative estimate of drug-likeness (QED) is 0.660. The summed E-state index contributed by atoms with van der Waals surface area (Å²) in [6.07, 6.45) is 0.124. The van der Waals surface area contributed by atoms with Crippen molar-refractivity contribution < 1.29 is 9.47 Å². The molecule has 0 saturated carbocycles. The molecule has 0 bridgehead atoms. The minimum absolute atomic E-state index is 0.124. The molecule has 1 heterocycles. The highest BCUT2D eigenvalue weighted by Crippen LogP contribution is 2.27. The Kier molecular flexibility index (Phi) is 5.17. The molecule has 3 aromatic rings. The fourth-order valence-corrected chi connectivity index (χ4v) is 3.25. The van der Waals surface area contributed by atoms with Crippen molar-refractivity contribution in [3.05, 3.63) is 96.1 Å². The molecular weight excluding hydrogens is 322 g/mol. The Morgan fingerprint density at radius 3 is 2.27 bits per heavy atom. The maximum Gasteiger partial charge on any atom is 0.119 e. The van der Waals surface area contributed by atoms with Gasteiger partial charge >= 0.3 is 0 Å². The van der Waals surface area contributed by atoms with Gasteiger partial charge in [0, 0.05) is 18.8 Å². The number of morpholine rings is 1. The molecule has 26 heavy (non-hydrogen) atoms. The molecule has 0 spiro atoms. The van der Waals surface area contributed by atoms with Crippen molar-refractivity contribution in [3.8, 4) is 5.75 Å². The smallest absolute Gasteiger partial charge is 0.119 e. The standard InChI is InChI=1S/C23H23NO2/c1-3-7-19(8-4-1)18-26-22-13-11-21(12-14-22)24-15-16-25-23(17-24)20-9-5-2-6-10-20/h1-14,23H,15-18H2. The van der Waals surface area contributed by atoms with Gasteiger partial charge in [0.05, 0.1) is 6.61 Å². The summed E-state index contributed by atoms with van der Waals surface area (Å²) in [6, 6.07) is 29.0. The van der Waals surface area contributed by atoms with Crippen molar-refractivity contribution in [2.75, 3.05) is 24.6 Å². The van der Waals surface area contributed by atoms with E-state index in [1.54, 1.807) is 0 Å². The number of anilines is 1. The number of rotatable bonds is 5. The molecule has 0 amide bonds. The first-order valence-corrected chi connectivity index (χ1v) is 9.07. The Morgan fingerprint density at radius 2 is 1.54 bits per heavy atom. The Hall–Kier alpha value is -2.78. The van der Waals surface area contributed by atoms with Crippen LogP contribution < -0.4 is 9.64 Å². The lowest BCUT2D eigenvalue weighted by Crippen LogP contribution is -2.38. The summed E-state index contributed by atoms with van der Waals surface area (Å²) in [4.78, 5) is 2.38. The van der Waals surface area contributed by atoms with Crippen molar-refractivity contribution in [3.63, 3.8) is 0 Å². The predicted molar refractivity (Wildman–Crippen MR) is 105 cm³/mol. The first-order valence-electron chi connectivity index (χ1n) is 9.07. The van der Waals surface area contributed by atoms with Crippen molar-refractivity contribution in [1.29, 1.82) is 0 Å². The predicted octanol–water partition coefficient (Wildman–Crippen LogP) is 4.84. The van der Waals surface area contributed by atoms with E-state index in [1.807, 2.05) is 36.4 Å². The van der Waals surface area contributed by atoms with Crippen molar-refractivity contribution in [2.24, 2.45) is 0 Å². The van der Waals surface area contributed by atoms with E-state index >= 15 is 0 Å². The van der Waals surface area contributed by atoms with Gasteiger partial charge in [-0.25, -0.2) is 0 Å². The fourth-order valence-electron chi connectivity index (χ4n) is 3.25. The molecule has 0 aliphatic carbocycles. The highest BCUT2D eigenvalue weighted by Gasteiger charge is 2.22. The van der Waals surface area contributed by atoms with Crippen LogP contribution in [-0.2, 0) is 11.3 Å². The number of benzene rings is 3. The Balaban J connectivity index is 1.38. The SMILES string of the molecule is c1ccc(COc2ccc(N3CCOC(c4ccccc4)C3)cc2)cc1. The number of nitrogens with zero attached hydrogens (tertiary/aromatic N) is 1. The monoisotopic (exact) mass is 345 g/mol. The van der Waals surface area contributed by atoms with Crippen LogP contribution in [0.3, 0.4) is 0 Å². The molecule has 3 aromatic carbocycles. The van der Waals surface area contributed by atoms with Crippen molar-refractivity contribution >= 4 is 5.69 Å². The third-order valence-corrected chi connectivity index (χ3v) is 4.69. The van der Waals surface area contributed by atoms with Crippen molar-refractivity contribution in [2.45, 2.75) is 12.7 Å². The number of ether oxygens (including phenoxy) is 2. The third-order valence-electron chi connectivity index (χ3n) is 4.69. The van der Waals surface area contributed by atoms with Crippen LogP contribution in [0.25, 0.3) is 0 Å². The summed E-state index contributed by atoms with van der Waals surface area (Å²) in [6.45, 7) is 3.11. The van der Waals surface area contributed by atoms with Crippen LogP contribution in [-0.4, -0.2) is 19.7 Å².